The number of aromatic amines is 1. The Labute approximate surface area is 260 Å². The smallest absolute Gasteiger partial charge is 0.250 e. The molecule has 232 valence electrons. The largest absolute Gasteiger partial charge is 0.467 e. The fraction of sp³-hybridized carbons (Fsp3) is 0.444. The van der Waals surface area contributed by atoms with Gasteiger partial charge in [-0.3, -0.25) is 9.59 Å². The standard InChI is InChI=1S/C36H45N5O3/c1-24-32(28-11-7-8-12-30(28)37-24)33-29(35(33,2)3)22-31(42)41(23-27-10-9-21-44-27)36(17-19-40(6)20-18-36)34(43)38-25-13-15-26(16-14-25)39(4)5/h7-16,21,29,33,37H,17-20,22-23H2,1-6H3,(H,38,43)/t29-,33+/m1/s1. The number of rotatable bonds is 9. The minimum atomic E-state index is -0.998. The van der Waals surface area contributed by atoms with E-state index in [2.05, 4.69) is 67.3 Å². The van der Waals surface area contributed by atoms with E-state index >= 15 is 0 Å². The highest BCUT2D eigenvalue weighted by Gasteiger charge is 2.60. The molecule has 6 rings (SSSR count). The maximum absolute atomic E-state index is 14.6. The lowest BCUT2D eigenvalue weighted by molar-refractivity contribution is -0.150. The van der Waals surface area contributed by atoms with Crippen molar-refractivity contribution < 1.29 is 14.0 Å². The van der Waals surface area contributed by atoms with Crippen LogP contribution in [0.3, 0.4) is 0 Å². The third-order valence-electron chi connectivity index (χ3n) is 10.3. The van der Waals surface area contributed by atoms with Crippen LogP contribution in [0.1, 0.15) is 56.0 Å². The first-order valence-corrected chi connectivity index (χ1v) is 15.7. The van der Waals surface area contributed by atoms with E-state index in [1.165, 1.54) is 10.9 Å². The maximum Gasteiger partial charge on any atom is 0.250 e. The van der Waals surface area contributed by atoms with Crippen molar-refractivity contribution >= 4 is 34.1 Å². The lowest BCUT2D eigenvalue weighted by atomic mass is 9.83. The maximum atomic E-state index is 14.6. The van der Waals surface area contributed by atoms with E-state index < -0.39 is 5.54 Å². The Bertz CT molecular complexity index is 1630. The lowest BCUT2D eigenvalue weighted by Gasteiger charge is -2.46. The van der Waals surface area contributed by atoms with Gasteiger partial charge in [-0.15, -0.1) is 0 Å². The summed E-state index contributed by atoms with van der Waals surface area (Å²) in [6.07, 6.45) is 3.11. The zero-order valence-corrected chi connectivity index (χ0v) is 26.8. The van der Waals surface area contributed by atoms with Crippen LogP contribution in [-0.2, 0) is 16.1 Å². The highest BCUT2D eigenvalue weighted by molar-refractivity contribution is 6.01. The summed E-state index contributed by atoms with van der Waals surface area (Å²) in [5.41, 5.74) is 4.35. The van der Waals surface area contributed by atoms with E-state index in [4.69, 9.17) is 4.42 Å². The summed E-state index contributed by atoms with van der Waals surface area (Å²) in [5, 5.41) is 4.42. The lowest BCUT2D eigenvalue weighted by Crippen LogP contribution is -2.62. The molecule has 2 amide bonds. The molecule has 0 bridgehead atoms. The number of piperidine rings is 1. The van der Waals surface area contributed by atoms with Crippen LogP contribution >= 0.6 is 0 Å². The van der Waals surface area contributed by atoms with Gasteiger partial charge >= 0.3 is 0 Å². The molecule has 1 saturated heterocycles. The first-order valence-electron chi connectivity index (χ1n) is 15.7. The van der Waals surface area contributed by atoms with Crippen molar-refractivity contribution in [2.75, 3.05) is 44.4 Å². The molecule has 2 fully saturated rings. The zero-order chi connectivity index (χ0) is 31.2. The van der Waals surface area contributed by atoms with E-state index in [9.17, 15) is 9.59 Å². The summed E-state index contributed by atoms with van der Waals surface area (Å²) in [7, 11) is 6.05. The van der Waals surface area contributed by atoms with E-state index in [0.717, 1.165) is 35.7 Å². The second-order valence-electron chi connectivity index (χ2n) is 13.6. The summed E-state index contributed by atoms with van der Waals surface area (Å²) < 4.78 is 5.77. The highest BCUT2D eigenvalue weighted by atomic mass is 16.3. The number of anilines is 2. The Hall–Kier alpha value is -4.04. The monoisotopic (exact) mass is 595 g/mol. The van der Waals surface area contributed by atoms with Crippen LogP contribution in [0.5, 0.6) is 0 Å². The molecule has 0 spiro atoms. The van der Waals surface area contributed by atoms with Crippen LogP contribution in [0.2, 0.25) is 0 Å². The number of likely N-dealkylation sites (tertiary alicyclic amines) is 1. The molecule has 2 aliphatic rings. The number of aryl methyl sites for hydroxylation is 1. The van der Waals surface area contributed by atoms with Gasteiger partial charge in [-0.2, -0.15) is 0 Å². The van der Waals surface area contributed by atoms with Gasteiger partial charge in [-0.05, 0) is 92.1 Å². The van der Waals surface area contributed by atoms with Crippen molar-refractivity contribution in [3.05, 3.63) is 83.9 Å². The van der Waals surface area contributed by atoms with Gasteiger partial charge < -0.3 is 29.4 Å². The number of hydrogen-bond donors (Lipinski definition) is 2. The number of nitrogens with one attached hydrogen (secondary N) is 2. The van der Waals surface area contributed by atoms with Gasteiger partial charge in [-0.25, -0.2) is 0 Å². The highest BCUT2D eigenvalue weighted by Crippen LogP contribution is 2.67. The molecule has 8 heteroatoms. The second-order valence-corrected chi connectivity index (χ2v) is 13.6. The van der Waals surface area contributed by atoms with Gasteiger partial charge in [0.1, 0.15) is 11.3 Å². The molecule has 44 heavy (non-hydrogen) atoms. The Morgan fingerprint density at radius 3 is 2.39 bits per heavy atom. The number of hydrogen-bond acceptors (Lipinski definition) is 5. The molecule has 2 atom stereocenters. The van der Waals surface area contributed by atoms with Crippen molar-refractivity contribution in [3.8, 4) is 0 Å². The van der Waals surface area contributed by atoms with Gasteiger partial charge in [0.05, 0.1) is 12.8 Å². The zero-order valence-electron chi connectivity index (χ0n) is 26.8. The average molecular weight is 596 g/mol. The Morgan fingerprint density at radius 1 is 1.02 bits per heavy atom. The predicted molar refractivity (Wildman–Crippen MR) is 176 cm³/mol. The molecule has 2 aromatic carbocycles. The van der Waals surface area contributed by atoms with Crippen molar-refractivity contribution in [1.82, 2.24) is 14.8 Å². The molecule has 2 N–H and O–H groups in total. The second kappa shape index (κ2) is 11.5. The summed E-state index contributed by atoms with van der Waals surface area (Å²) in [4.78, 5) is 38.7. The molecule has 1 saturated carbocycles. The first-order chi connectivity index (χ1) is 21.0. The molecule has 0 unspecified atom stereocenters. The van der Waals surface area contributed by atoms with Crippen LogP contribution in [0.15, 0.2) is 71.3 Å². The van der Waals surface area contributed by atoms with Gasteiger partial charge in [0, 0.05) is 61.6 Å². The van der Waals surface area contributed by atoms with Crippen LogP contribution in [0.4, 0.5) is 11.4 Å². The molecule has 2 aromatic heterocycles. The van der Waals surface area contributed by atoms with Gasteiger partial charge in [0.2, 0.25) is 11.8 Å². The van der Waals surface area contributed by atoms with E-state index in [1.54, 1.807) is 6.26 Å². The number of aromatic nitrogens is 1. The van der Waals surface area contributed by atoms with Crippen molar-refractivity contribution in [3.63, 3.8) is 0 Å². The third-order valence-corrected chi connectivity index (χ3v) is 10.3. The topological polar surface area (TPSA) is 84.8 Å². The molecular weight excluding hydrogens is 550 g/mol. The number of benzene rings is 2. The summed E-state index contributed by atoms with van der Waals surface area (Å²) in [5.74, 6) is 0.964. The molecular formula is C36H45N5O3. The average Bonchev–Trinajstić information content (AvgIpc) is 3.37. The third kappa shape index (κ3) is 5.40. The minimum absolute atomic E-state index is 0.00197. The molecule has 1 aliphatic heterocycles. The SMILES string of the molecule is Cc1[nH]c2ccccc2c1[C@@H]1[C@@H](CC(=O)N(Cc2ccco2)C2(C(=O)Nc3ccc(N(C)C)cc3)CCN(C)CC2)C1(C)C. The quantitative estimate of drug-likeness (QED) is 0.234. The number of fused-ring (bicyclic) bond motifs is 1. The van der Waals surface area contributed by atoms with E-state index in [0.29, 0.717) is 25.0 Å². The van der Waals surface area contributed by atoms with E-state index in [-0.39, 0.29) is 35.6 Å². The Balaban J connectivity index is 1.31. The molecule has 1 aliphatic carbocycles. The molecule has 3 heterocycles. The Kier molecular flexibility index (Phi) is 7.82. The van der Waals surface area contributed by atoms with Crippen LogP contribution in [0, 0.1) is 18.3 Å². The van der Waals surface area contributed by atoms with Crippen LogP contribution in [0.25, 0.3) is 10.9 Å². The van der Waals surface area contributed by atoms with Crippen LogP contribution in [-0.4, -0.2) is 66.4 Å². The normalized spacial score (nSPS) is 20.8. The summed E-state index contributed by atoms with van der Waals surface area (Å²) >= 11 is 0. The van der Waals surface area contributed by atoms with E-state index in [1.807, 2.05) is 60.3 Å². The van der Waals surface area contributed by atoms with Gasteiger partial charge in [0.25, 0.3) is 0 Å². The van der Waals surface area contributed by atoms with Gasteiger partial charge in [-0.1, -0.05) is 32.0 Å². The number of amides is 2. The summed E-state index contributed by atoms with van der Waals surface area (Å²) in [6, 6.07) is 20.0. The fourth-order valence-electron chi connectivity index (χ4n) is 7.43. The van der Waals surface area contributed by atoms with Crippen LogP contribution < -0.4 is 10.2 Å². The number of para-hydroxylation sites is 1. The minimum Gasteiger partial charge on any atom is -0.467 e. The summed E-state index contributed by atoms with van der Waals surface area (Å²) in [6.45, 7) is 8.37. The number of carbonyl (C=O) groups excluding carboxylic acids is 2. The number of nitrogens with zero attached hydrogens (tertiary/aromatic N) is 3. The van der Waals surface area contributed by atoms with Crippen molar-refractivity contribution in [2.24, 2.45) is 11.3 Å². The molecule has 4 aromatic rings. The van der Waals surface area contributed by atoms with Gasteiger partial charge in [0.15, 0.2) is 0 Å². The fourth-order valence-corrected chi connectivity index (χ4v) is 7.43. The van der Waals surface area contributed by atoms with Crippen molar-refractivity contribution in [2.45, 2.75) is 58.0 Å². The first kappa shape index (κ1) is 30.0. The molecule has 8 nitrogen and oxygen atoms in total. The predicted octanol–water partition coefficient (Wildman–Crippen LogP) is 6.40. The number of H-pyrrole nitrogens is 1. The molecule has 0 radical (unpaired) electrons. The number of carbonyl (C=O) groups is 2. The van der Waals surface area contributed by atoms with Crippen molar-refractivity contribution in [1.29, 1.82) is 0 Å². The number of furan rings is 1. The Morgan fingerprint density at radius 2 is 1.73 bits per heavy atom.